The van der Waals surface area contributed by atoms with Crippen LogP contribution in [0.25, 0.3) is 0 Å². The topological polar surface area (TPSA) is 75.5 Å². The highest BCUT2D eigenvalue weighted by atomic mass is 35.5. The Kier molecular flexibility index (Phi) is 7.98. The zero-order valence-corrected chi connectivity index (χ0v) is 14.2. The van der Waals surface area contributed by atoms with Crippen molar-refractivity contribution in [1.82, 2.24) is 10.2 Å². The highest BCUT2D eigenvalue weighted by molar-refractivity contribution is 5.94. The van der Waals surface area contributed by atoms with E-state index in [4.69, 9.17) is 0 Å². The molecule has 1 saturated heterocycles. The third-order valence-corrected chi connectivity index (χ3v) is 4.05. The number of hydrogen-bond donors (Lipinski definition) is 1. The molecule has 0 aromatic heterocycles. The van der Waals surface area contributed by atoms with Gasteiger partial charge in [-0.2, -0.15) is 0 Å². The van der Waals surface area contributed by atoms with Crippen molar-refractivity contribution in [2.24, 2.45) is 0 Å². The normalized spacial score (nSPS) is 14.3. The molecule has 7 heteroatoms. The molecule has 1 aromatic rings. The fraction of sp³-hybridized carbons (Fsp3) is 0.562. The number of rotatable bonds is 7. The summed E-state index contributed by atoms with van der Waals surface area (Å²) in [5.41, 5.74) is 0.894. The number of hydrogen-bond acceptors (Lipinski definition) is 4. The number of nitrogens with one attached hydrogen (secondary N) is 1. The van der Waals surface area contributed by atoms with Gasteiger partial charge in [-0.3, -0.25) is 14.9 Å². The van der Waals surface area contributed by atoms with Crippen LogP contribution in [0, 0.1) is 17.0 Å². The standard InChI is InChI=1S/C16H23N3O3.ClH/c1-13-6-7-14(12-15(13)19(21)22)16(20)17-8-2-3-9-18-10-4-5-11-18;/h6-7,12H,2-5,8-11H2,1H3,(H,17,20);1H. The minimum Gasteiger partial charge on any atom is -0.352 e. The molecule has 1 N–H and O–H groups in total. The molecule has 23 heavy (non-hydrogen) atoms. The van der Waals surface area contributed by atoms with Crippen molar-refractivity contribution in [3.8, 4) is 0 Å². The second-order valence-electron chi connectivity index (χ2n) is 5.77. The summed E-state index contributed by atoms with van der Waals surface area (Å²) in [5.74, 6) is -0.246. The number of nitro benzene ring substituents is 1. The van der Waals surface area contributed by atoms with Gasteiger partial charge in [0.1, 0.15) is 0 Å². The lowest BCUT2D eigenvalue weighted by Crippen LogP contribution is -2.26. The molecule has 1 fully saturated rings. The Morgan fingerprint density at radius 3 is 2.65 bits per heavy atom. The molecule has 1 heterocycles. The predicted molar refractivity (Wildman–Crippen MR) is 92.3 cm³/mol. The van der Waals surface area contributed by atoms with E-state index in [-0.39, 0.29) is 24.0 Å². The molecule has 0 bridgehead atoms. The zero-order valence-electron chi connectivity index (χ0n) is 13.4. The van der Waals surface area contributed by atoms with E-state index >= 15 is 0 Å². The van der Waals surface area contributed by atoms with E-state index in [9.17, 15) is 14.9 Å². The summed E-state index contributed by atoms with van der Waals surface area (Å²) in [5, 5.41) is 13.7. The molecule has 0 aliphatic carbocycles. The molecule has 2 rings (SSSR count). The summed E-state index contributed by atoms with van der Waals surface area (Å²) in [6.45, 7) is 5.75. The molecular weight excluding hydrogens is 318 g/mol. The SMILES string of the molecule is Cc1ccc(C(=O)NCCCCN2CCCC2)cc1[N+](=O)[O-].Cl. The van der Waals surface area contributed by atoms with Crippen LogP contribution in [0.2, 0.25) is 0 Å². The van der Waals surface area contributed by atoms with Crippen molar-refractivity contribution in [2.45, 2.75) is 32.6 Å². The first-order valence-electron chi connectivity index (χ1n) is 7.83. The van der Waals surface area contributed by atoms with Crippen LogP contribution in [0.4, 0.5) is 5.69 Å². The van der Waals surface area contributed by atoms with Crippen LogP contribution in [-0.4, -0.2) is 41.9 Å². The Hall–Kier alpha value is -1.66. The van der Waals surface area contributed by atoms with Crippen LogP contribution < -0.4 is 5.32 Å². The van der Waals surface area contributed by atoms with Gasteiger partial charge in [0.05, 0.1) is 4.92 Å². The molecule has 0 saturated carbocycles. The second-order valence-corrected chi connectivity index (χ2v) is 5.77. The smallest absolute Gasteiger partial charge is 0.273 e. The van der Waals surface area contributed by atoms with Crippen LogP contribution in [0.1, 0.15) is 41.6 Å². The summed E-state index contributed by atoms with van der Waals surface area (Å²) >= 11 is 0. The summed E-state index contributed by atoms with van der Waals surface area (Å²) in [6.07, 6.45) is 4.58. The summed E-state index contributed by atoms with van der Waals surface area (Å²) in [7, 11) is 0. The molecule has 1 aromatic carbocycles. The second kappa shape index (κ2) is 9.47. The lowest BCUT2D eigenvalue weighted by Gasteiger charge is -2.14. The third-order valence-electron chi connectivity index (χ3n) is 4.05. The average Bonchev–Trinajstić information content (AvgIpc) is 3.00. The molecule has 1 aliphatic heterocycles. The first kappa shape index (κ1) is 19.4. The molecule has 1 amide bonds. The van der Waals surface area contributed by atoms with Crippen LogP contribution >= 0.6 is 12.4 Å². The van der Waals surface area contributed by atoms with Gasteiger partial charge in [-0.25, -0.2) is 0 Å². The lowest BCUT2D eigenvalue weighted by molar-refractivity contribution is -0.385. The number of nitrogens with zero attached hydrogens (tertiary/aromatic N) is 2. The van der Waals surface area contributed by atoms with Gasteiger partial charge in [-0.05, 0) is 58.3 Å². The Morgan fingerprint density at radius 1 is 1.30 bits per heavy atom. The lowest BCUT2D eigenvalue weighted by atomic mass is 10.1. The molecule has 0 spiro atoms. The number of carbonyl (C=O) groups excluding carboxylic acids is 1. The van der Waals surface area contributed by atoms with E-state index in [1.165, 1.54) is 32.0 Å². The Morgan fingerprint density at radius 2 is 2.00 bits per heavy atom. The molecule has 128 valence electrons. The number of benzene rings is 1. The number of nitro groups is 1. The largest absolute Gasteiger partial charge is 0.352 e. The molecule has 1 aliphatic rings. The first-order chi connectivity index (χ1) is 10.6. The minimum atomic E-state index is -0.456. The van der Waals surface area contributed by atoms with Gasteiger partial charge >= 0.3 is 0 Å². The highest BCUT2D eigenvalue weighted by Gasteiger charge is 2.15. The number of carbonyl (C=O) groups is 1. The zero-order chi connectivity index (χ0) is 15.9. The maximum absolute atomic E-state index is 12.0. The number of unbranched alkanes of at least 4 members (excludes halogenated alkanes) is 1. The van der Waals surface area contributed by atoms with Crippen molar-refractivity contribution < 1.29 is 9.72 Å². The van der Waals surface area contributed by atoms with Gasteiger partial charge < -0.3 is 10.2 Å². The Bertz CT molecular complexity index is 545. The van der Waals surface area contributed by atoms with E-state index in [2.05, 4.69) is 10.2 Å². The Labute approximate surface area is 142 Å². The summed E-state index contributed by atoms with van der Waals surface area (Å²) < 4.78 is 0. The van der Waals surface area contributed by atoms with Gasteiger partial charge in [-0.1, -0.05) is 6.07 Å². The van der Waals surface area contributed by atoms with Gasteiger partial charge in [0.2, 0.25) is 0 Å². The van der Waals surface area contributed by atoms with Gasteiger partial charge in [0.15, 0.2) is 0 Å². The third kappa shape index (κ3) is 5.80. The van der Waals surface area contributed by atoms with Crippen molar-refractivity contribution in [2.75, 3.05) is 26.2 Å². The maximum Gasteiger partial charge on any atom is 0.273 e. The van der Waals surface area contributed by atoms with E-state index in [0.29, 0.717) is 17.7 Å². The number of amides is 1. The van der Waals surface area contributed by atoms with Gasteiger partial charge in [-0.15, -0.1) is 12.4 Å². The molecule has 0 atom stereocenters. The van der Waals surface area contributed by atoms with Crippen molar-refractivity contribution in [1.29, 1.82) is 0 Å². The van der Waals surface area contributed by atoms with E-state index in [1.54, 1.807) is 19.1 Å². The number of likely N-dealkylation sites (tertiary alicyclic amines) is 1. The quantitative estimate of drug-likeness (QED) is 0.470. The summed E-state index contributed by atoms with van der Waals surface area (Å²) in [6, 6.07) is 4.58. The van der Waals surface area contributed by atoms with E-state index in [0.717, 1.165) is 19.4 Å². The van der Waals surface area contributed by atoms with Gasteiger partial charge in [0, 0.05) is 23.7 Å². The minimum absolute atomic E-state index is 0. The monoisotopic (exact) mass is 341 g/mol. The van der Waals surface area contributed by atoms with Crippen LogP contribution in [0.5, 0.6) is 0 Å². The average molecular weight is 342 g/mol. The maximum atomic E-state index is 12.0. The Balaban J connectivity index is 0.00000264. The van der Waals surface area contributed by atoms with E-state index < -0.39 is 4.92 Å². The van der Waals surface area contributed by atoms with Crippen molar-refractivity contribution in [3.05, 3.63) is 39.4 Å². The van der Waals surface area contributed by atoms with Crippen LogP contribution in [0.3, 0.4) is 0 Å². The summed E-state index contributed by atoms with van der Waals surface area (Å²) in [4.78, 5) is 24.9. The number of halogens is 1. The highest BCUT2D eigenvalue weighted by Crippen LogP contribution is 2.19. The van der Waals surface area contributed by atoms with Crippen LogP contribution in [0.15, 0.2) is 18.2 Å². The predicted octanol–water partition coefficient (Wildman–Crippen LogP) is 2.93. The molecule has 0 radical (unpaired) electrons. The van der Waals surface area contributed by atoms with E-state index in [1.807, 2.05) is 0 Å². The molecule has 0 unspecified atom stereocenters. The van der Waals surface area contributed by atoms with Crippen LogP contribution in [-0.2, 0) is 0 Å². The molecule has 6 nitrogen and oxygen atoms in total. The van der Waals surface area contributed by atoms with Crippen molar-refractivity contribution >= 4 is 24.0 Å². The first-order valence-corrected chi connectivity index (χ1v) is 7.83. The van der Waals surface area contributed by atoms with Gasteiger partial charge in [0.25, 0.3) is 11.6 Å². The fourth-order valence-electron chi connectivity index (χ4n) is 2.72. The molecular formula is C16H24ClN3O3. The fourth-order valence-corrected chi connectivity index (χ4v) is 2.72. The van der Waals surface area contributed by atoms with Crippen molar-refractivity contribution in [3.63, 3.8) is 0 Å². The number of aryl methyl sites for hydroxylation is 1.